The number of amides is 1. The first kappa shape index (κ1) is 17.0. The monoisotopic (exact) mass is 313 g/mol. The summed E-state index contributed by atoms with van der Waals surface area (Å²) in [4.78, 5) is 16.5. The number of rotatable bonds is 7. The van der Waals surface area contributed by atoms with Crippen LogP contribution in [0.3, 0.4) is 0 Å². The van der Waals surface area contributed by atoms with Gasteiger partial charge in [0.05, 0.1) is 11.3 Å². The fourth-order valence-electron chi connectivity index (χ4n) is 2.36. The number of nitrogens with zero attached hydrogens (tertiary/aromatic N) is 1. The van der Waals surface area contributed by atoms with Crippen LogP contribution >= 0.6 is 0 Å². The highest BCUT2D eigenvalue weighted by atomic mass is 16.5. The maximum absolute atomic E-state index is 12.4. The number of hydrogen-bond acceptors (Lipinski definition) is 4. The Labute approximate surface area is 137 Å². The third kappa shape index (κ3) is 5.38. The van der Waals surface area contributed by atoms with Crippen LogP contribution < -0.4 is 10.6 Å². The van der Waals surface area contributed by atoms with Crippen molar-refractivity contribution in [2.45, 2.75) is 20.3 Å². The molecule has 0 aliphatic rings. The summed E-state index contributed by atoms with van der Waals surface area (Å²) in [5, 5.41) is 6.15. The number of anilines is 2. The predicted molar refractivity (Wildman–Crippen MR) is 93.1 cm³/mol. The van der Waals surface area contributed by atoms with Crippen molar-refractivity contribution >= 4 is 17.3 Å². The van der Waals surface area contributed by atoms with Gasteiger partial charge in [0.2, 0.25) is 0 Å². The zero-order chi connectivity index (χ0) is 16.7. The highest BCUT2D eigenvalue weighted by Gasteiger charge is 2.08. The summed E-state index contributed by atoms with van der Waals surface area (Å²) in [7, 11) is 1.68. The Bertz CT molecular complexity index is 651. The molecule has 2 aromatic rings. The quantitative estimate of drug-likeness (QED) is 0.769. The van der Waals surface area contributed by atoms with E-state index in [-0.39, 0.29) is 5.91 Å². The molecule has 0 aliphatic carbocycles. The summed E-state index contributed by atoms with van der Waals surface area (Å²) in [5.74, 6) is -0.164. The number of pyridine rings is 1. The van der Waals surface area contributed by atoms with Crippen molar-refractivity contribution < 1.29 is 9.53 Å². The van der Waals surface area contributed by atoms with Crippen LogP contribution in [-0.4, -0.2) is 31.2 Å². The van der Waals surface area contributed by atoms with Crippen molar-refractivity contribution in [3.05, 3.63) is 53.3 Å². The summed E-state index contributed by atoms with van der Waals surface area (Å²) < 4.78 is 5.01. The molecule has 0 radical (unpaired) electrons. The van der Waals surface area contributed by atoms with E-state index in [0.717, 1.165) is 35.5 Å². The average molecular weight is 313 g/mol. The maximum atomic E-state index is 12.4. The third-order valence-electron chi connectivity index (χ3n) is 3.33. The number of ether oxygens (including phenoxy) is 1. The van der Waals surface area contributed by atoms with Crippen molar-refractivity contribution in [3.63, 3.8) is 0 Å². The molecule has 23 heavy (non-hydrogen) atoms. The number of aryl methyl sites for hydroxylation is 2. The third-order valence-corrected chi connectivity index (χ3v) is 3.33. The molecule has 1 aromatic heterocycles. The summed E-state index contributed by atoms with van der Waals surface area (Å²) in [6.07, 6.45) is 4.17. The molecular formula is C18H23N3O2. The second kappa shape index (κ2) is 8.29. The van der Waals surface area contributed by atoms with Crippen LogP contribution in [0, 0.1) is 13.8 Å². The molecule has 1 aromatic carbocycles. The Hall–Kier alpha value is -2.40. The molecular weight excluding hydrogens is 290 g/mol. The van der Waals surface area contributed by atoms with Crippen LogP contribution in [0.4, 0.5) is 11.4 Å². The van der Waals surface area contributed by atoms with Crippen LogP contribution in [-0.2, 0) is 4.74 Å². The van der Waals surface area contributed by atoms with E-state index >= 15 is 0 Å². The Morgan fingerprint density at radius 2 is 1.83 bits per heavy atom. The number of methoxy groups -OCH3 is 1. The fourth-order valence-corrected chi connectivity index (χ4v) is 2.36. The molecule has 2 N–H and O–H groups in total. The summed E-state index contributed by atoms with van der Waals surface area (Å²) in [6.45, 7) is 5.49. The van der Waals surface area contributed by atoms with E-state index < -0.39 is 0 Å². The van der Waals surface area contributed by atoms with Gasteiger partial charge in [-0.15, -0.1) is 0 Å². The van der Waals surface area contributed by atoms with Crippen LogP contribution in [0.25, 0.3) is 0 Å². The molecule has 2 rings (SSSR count). The normalized spacial score (nSPS) is 10.4. The lowest BCUT2D eigenvalue weighted by molar-refractivity contribution is 0.102. The minimum absolute atomic E-state index is 0.164. The number of carbonyl (C=O) groups excluding carboxylic acids is 1. The zero-order valence-electron chi connectivity index (χ0n) is 13.8. The van der Waals surface area contributed by atoms with E-state index in [1.165, 1.54) is 0 Å². The molecule has 0 fully saturated rings. The van der Waals surface area contributed by atoms with Crippen molar-refractivity contribution in [1.29, 1.82) is 0 Å². The predicted octanol–water partition coefficient (Wildman–Crippen LogP) is 3.40. The van der Waals surface area contributed by atoms with Gasteiger partial charge in [0.25, 0.3) is 5.91 Å². The standard InChI is InChI=1S/C18H23N3O2/c1-13-7-14(2)9-16(8-13)21-18(22)15-10-17(12-19-11-15)20-5-4-6-23-3/h7-12,20H,4-6H2,1-3H3,(H,21,22). The molecule has 5 heteroatoms. The second-order valence-corrected chi connectivity index (χ2v) is 5.57. The first-order valence-electron chi connectivity index (χ1n) is 7.66. The minimum Gasteiger partial charge on any atom is -0.385 e. The Morgan fingerprint density at radius 1 is 1.09 bits per heavy atom. The number of hydrogen-bond donors (Lipinski definition) is 2. The van der Waals surface area contributed by atoms with Gasteiger partial charge in [-0.05, 0) is 49.6 Å². The molecule has 0 unspecified atom stereocenters. The van der Waals surface area contributed by atoms with Gasteiger partial charge in [0.1, 0.15) is 0 Å². The molecule has 122 valence electrons. The first-order chi connectivity index (χ1) is 11.1. The smallest absolute Gasteiger partial charge is 0.257 e. The topological polar surface area (TPSA) is 63.2 Å². The van der Waals surface area contributed by atoms with Gasteiger partial charge < -0.3 is 15.4 Å². The zero-order valence-corrected chi connectivity index (χ0v) is 13.8. The lowest BCUT2D eigenvalue weighted by atomic mass is 10.1. The minimum atomic E-state index is -0.164. The second-order valence-electron chi connectivity index (χ2n) is 5.57. The average Bonchev–Trinajstić information content (AvgIpc) is 2.51. The van der Waals surface area contributed by atoms with Gasteiger partial charge in [-0.3, -0.25) is 9.78 Å². The van der Waals surface area contributed by atoms with Gasteiger partial charge in [0.15, 0.2) is 0 Å². The lowest BCUT2D eigenvalue weighted by Crippen LogP contribution is -2.13. The van der Waals surface area contributed by atoms with Crippen LogP contribution in [0.5, 0.6) is 0 Å². The SMILES string of the molecule is COCCCNc1cncc(C(=O)Nc2cc(C)cc(C)c2)c1. The molecule has 1 amide bonds. The van der Waals surface area contributed by atoms with Crippen LogP contribution in [0.1, 0.15) is 27.9 Å². The van der Waals surface area contributed by atoms with E-state index in [9.17, 15) is 4.79 Å². The molecule has 1 heterocycles. The van der Waals surface area contributed by atoms with E-state index in [4.69, 9.17) is 4.74 Å². The number of nitrogens with one attached hydrogen (secondary N) is 2. The molecule has 0 spiro atoms. The maximum Gasteiger partial charge on any atom is 0.257 e. The number of aromatic nitrogens is 1. The Balaban J connectivity index is 2.01. The molecule has 5 nitrogen and oxygen atoms in total. The lowest BCUT2D eigenvalue weighted by Gasteiger charge is -2.09. The highest BCUT2D eigenvalue weighted by molar-refractivity contribution is 6.04. The molecule has 0 atom stereocenters. The van der Waals surface area contributed by atoms with Crippen LogP contribution in [0.15, 0.2) is 36.7 Å². The van der Waals surface area contributed by atoms with E-state index in [1.807, 2.05) is 26.0 Å². The number of carbonyl (C=O) groups is 1. The van der Waals surface area contributed by atoms with Gasteiger partial charge in [-0.2, -0.15) is 0 Å². The molecule has 0 aliphatic heterocycles. The van der Waals surface area contributed by atoms with E-state index in [2.05, 4.69) is 21.7 Å². The van der Waals surface area contributed by atoms with Crippen molar-refractivity contribution in [3.8, 4) is 0 Å². The van der Waals surface area contributed by atoms with Gasteiger partial charge >= 0.3 is 0 Å². The van der Waals surface area contributed by atoms with Crippen molar-refractivity contribution in [1.82, 2.24) is 4.98 Å². The molecule has 0 saturated heterocycles. The first-order valence-corrected chi connectivity index (χ1v) is 7.66. The van der Waals surface area contributed by atoms with E-state index in [1.54, 1.807) is 25.6 Å². The largest absolute Gasteiger partial charge is 0.385 e. The van der Waals surface area contributed by atoms with Gasteiger partial charge in [0, 0.05) is 38.3 Å². The van der Waals surface area contributed by atoms with Crippen molar-refractivity contribution in [2.24, 2.45) is 0 Å². The summed E-state index contributed by atoms with van der Waals surface area (Å²) in [5.41, 5.74) is 4.39. The summed E-state index contributed by atoms with van der Waals surface area (Å²) >= 11 is 0. The Kier molecular flexibility index (Phi) is 6.11. The van der Waals surface area contributed by atoms with E-state index in [0.29, 0.717) is 12.2 Å². The van der Waals surface area contributed by atoms with Gasteiger partial charge in [-0.1, -0.05) is 6.07 Å². The summed E-state index contributed by atoms with van der Waals surface area (Å²) in [6, 6.07) is 7.77. The molecule has 0 bridgehead atoms. The highest BCUT2D eigenvalue weighted by Crippen LogP contribution is 2.16. The van der Waals surface area contributed by atoms with Crippen LogP contribution in [0.2, 0.25) is 0 Å². The van der Waals surface area contributed by atoms with Gasteiger partial charge in [-0.25, -0.2) is 0 Å². The Morgan fingerprint density at radius 3 is 2.52 bits per heavy atom. The fraction of sp³-hybridized carbons (Fsp3) is 0.333. The van der Waals surface area contributed by atoms with Crippen molar-refractivity contribution in [2.75, 3.05) is 30.9 Å². The molecule has 0 saturated carbocycles. The number of benzene rings is 1.